The van der Waals surface area contributed by atoms with Crippen molar-refractivity contribution in [3.63, 3.8) is 0 Å². The molecule has 0 aliphatic heterocycles. The summed E-state index contributed by atoms with van der Waals surface area (Å²) in [5, 5.41) is 14.9. The van der Waals surface area contributed by atoms with Gasteiger partial charge in [-0.2, -0.15) is 0 Å². The molecule has 0 aromatic carbocycles. The average Bonchev–Trinajstić information content (AvgIpc) is 4.29. The summed E-state index contributed by atoms with van der Waals surface area (Å²) in [6.07, 6.45) is 74.4. The molecule has 6 nitrogen and oxygen atoms in total. The smallest absolute Gasteiger partial charge is 0.130 e. The van der Waals surface area contributed by atoms with E-state index in [2.05, 4.69) is 48.1 Å². The fourth-order valence-electron chi connectivity index (χ4n) is 14.5. The van der Waals surface area contributed by atoms with E-state index in [0.717, 1.165) is 60.3 Å². The van der Waals surface area contributed by atoms with E-state index in [1.807, 2.05) is 6.08 Å². The van der Waals surface area contributed by atoms with Gasteiger partial charge in [0.05, 0.1) is 0 Å². The Kier molecular flexibility index (Phi) is 25.0. The van der Waals surface area contributed by atoms with Crippen LogP contribution in [-0.4, -0.2) is 20.6 Å². The molecule has 0 radical (unpaired) electrons. The summed E-state index contributed by atoms with van der Waals surface area (Å²) in [4.78, 5) is 0. The van der Waals surface area contributed by atoms with E-state index in [9.17, 15) is 0 Å². The van der Waals surface area contributed by atoms with E-state index in [0.29, 0.717) is 0 Å². The summed E-state index contributed by atoms with van der Waals surface area (Å²) in [6, 6.07) is 0. The van der Waals surface area contributed by atoms with Crippen LogP contribution < -0.4 is 0 Å². The maximum Gasteiger partial charge on any atom is 0.130 e. The molecule has 2 aromatic heterocycles. The summed E-state index contributed by atoms with van der Waals surface area (Å²) in [7, 11) is 0. The molecule has 0 amide bonds. The monoisotopic (exact) mass is 923 g/mol. The Labute approximate surface area is 411 Å². The van der Waals surface area contributed by atoms with Crippen LogP contribution in [0.25, 0.3) is 6.08 Å². The van der Waals surface area contributed by atoms with E-state index >= 15 is 0 Å². The minimum atomic E-state index is 0.890. The average molecular weight is 924 g/mol. The Balaban J connectivity index is 0.000000113. The van der Waals surface area contributed by atoms with Crippen LogP contribution in [-0.2, 0) is 19.3 Å². The van der Waals surface area contributed by atoms with Gasteiger partial charge in [-0.1, -0.05) is 219 Å². The highest BCUT2D eigenvalue weighted by atomic mass is 16.6. The van der Waals surface area contributed by atoms with Gasteiger partial charge < -0.3 is 0 Å². The Hall–Kier alpha value is -2.24. The molecule has 15 aliphatic carbocycles. The van der Waals surface area contributed by atoms with Gasteiger partial charge in [0, 0.05) is 0 Å². The van der Waals surface area contributed by atoms with Gasteiger partial charge in [0.15, 0.2) is 0 Å². The van der Waals surface area contributed by atoms with Gasteiger partial charge >= 0.3 is 0 Å². The molecule has 6 heteroatoms. The second-order valence-corrected chi connectivity index (χ2v) is 24.0. The van der Waals surface area contributed by atoms with Crippen molar-refractivity contribution in [2.75, 3.05) is 0 Å². The number of nitrogens with zero attached hydrogens (tertiary/aromatic N) is 4. The Morgan fingerprint density at radius 1 is 0.269 bits per heavy atom. The molecule has 2 aromatic rings. The minimum absolute atomic E-state index is 0.890. The Morgan fingerprint density at radius 2 is 0.582 bits per heavy atom. The van der Waals surface area contributed by atoms with Crippen LogP contribution in [0, 0.1) is 47.3 Å². The van der Waals surface area contributed by atoms with Crippen molar-refractivity contribution >= 4 is 6.08 Å². The molecule has 0 saturated heterocycles. The third-order valence-corrected chi connectivity index (χ3v) is 18.4. The molecule has 17 rings (SSSR count). The van der Waals surface area contributed by atoms with Gasteiger partial charge in [0.25, 0.3) is 0 Å². The third kappa shape index (κ3) is 20.6. The molecule has 2 heterocycles. The SMILES string of the molecule is C1=CCCCC1.C1=Cc2nonc2CC1.C1C2CC3CC1CC(C2)C3.C1CC2CCC1C2.C1CC2CCC1CC2.C1CCCC1.C1CCCCC1.C1CCCCCC1.C1CCc2nonc2C1. The van der Waals surface area contributed by atoms with Crippen molar-refractivity contribution in [2.45, 2.75) is 289 Å². The lowest BCUT2D eigenvalue weighted by Gasteiger charge is -2.49. The highest BCUT2D eigenvalue weighted by molar-refractivity contribution is 5.48. The van der Waals surface area contributed by atoms with Gasteiger partial charge in [-0.25, -0.2) is 9.26 Å². The molecular formula is C61H102N4O2. The Bertz CT molecular complexity index is 1430. The molecule has 8 bridgehead atoms. The van der Waals surface area contributed by atoms with Crippen molar-refractivity contribution < 1.29 is 9.26 Å². The van der Waals surface area contributed by atoms with Gasteiger partial charge in [0.2, 0.25) is 0 Å². The zero-order chi connectivity index (χ0) is 45.8. The summed E-state index contributed by atoms with van der Waals surface area (Å²) in [6.45, 7) is 0. The van der Waals surface area contributed by atoms with E-state index in [-0.39, 0.29) is 0 Å². The number of allylic oxidation sites excluding steroid dienone is 3. The summed E-state index contributed by atoms with van der Waals surface area (Å²) >= 11 is 0. The predicted molar refractivity (Wildman–Crippen MR) is 280 cm³/mol. The van der Waals surface area contributed by atoms with Crippen molar-refractivity contribution in [1.29, 1.82) is 0 Å². The topological polar surface area (TPSA) is 77.8 Å². The molecule has 0 N–H and O–H groups in total. The second kappa shape index (κ2) is 31.9. The van der Waals surface area contributed by atoms with Crippen LogP contribution in [0.15, 0.2) is 27.5 Å². The van der Waals surface area contributed by atoms with Crippen LogP contribution >= 0.6 is 0 Å². The van der Waals surface area contributed by atoms with Crippen LogP contribution in [0.1, 0.15) is 292 Å². The molecule has 15 aliphatic rings. The lowest BCUT2D eigenvalue weighted by molar-refractivity contribution is 0.0198. The molecule has 12 fully saturated rings. The zero-order valence-electron chi connectivity index (χ0n) is 43.4. The van der Waals surface area contributed by atoms with E-state index in [1.165, 1.54) is 190 Å². The molecule has 0 atom stereocenters. The first-order valence-electron chi connectivity index (χ1n) is 30.2. The largest absolute Gasteiger partial charge is 0.244 e. The quantitative estimate of drug-likeness (QED) is 0.193. The number of fused-ring (bicyclic) bond motifs is 7. The summed E-state index contributed by atoms with van der Waals surface area (Å²) < 4.78 is 9.08. The van der Waals surface area contributed by atoms with Crippen molar-refractivity contribution in [2.24, 2.45) is 47.3 Å². The van der Waals surface area contributed by atoms with Crippen molar-refractivity contribution in [3.8, 4) is 0 Å². The van der Waals surface area contributed by atoms with Gasteiger partial charge in [-0.05, 0) is 163 Å². The fourth-order valence-corrected chi connectivity index (χ4v) is 14.5. The summed E-state index contributed by atoms with van der Waals surface area (Å²) in [5.74, 6) is 9.36. The number of aryl methyl sites for hydroxylation is 3. The lowest BCUT2D eigenvalue weighted by atomic mass is 9.56. The maximum absolute atomic E-state index is 4.57. The highest BCUT2D eigenvalue weighted by Crippen LogP contribution is 2.53. The molecule has 378 valence electrons. The number of rotatable bonds is 0. The molecule has 0 spiro atoms. The molecule has 67 heavy (non-hydrogen) atoms. The first kappa shape index (κ1) is 52.6. The second-order valence-electron chi connectivity index (χ2n) is 24.0. The predicted octanol–water partition coefficient (Wildman–Crippen LogP) is 18.7. The highest BCUT2D eigenvalue weighted by Gasteiger charge is 2.41. The maximum atomic E-state index is 4.57. The van der Waals surface area contributed by atoms with Crippen molar-refractivity contribution in [3.05, 3.63) is 41.0 Å². The number of hydrogen-bond acceptors (Lipinski definition) is 6. The number of aromatic nitrogens is 4. The number of hydrogen-bond donors (Lipinski definition) is 0. The van der Waals surface area contributed by atoms with Crippen LogP contribution in [0.4, 0.5) is 0 Å². The minimum Gasteiger partial charge on any atom is -0.244 e. The first-order chi connectivity index (χ1) is 33.2. The van der Waals surface area contributed by atoms with Gasteiger partial charge in [0.1, 0.15) is 22.8 Å². The molecule has 0 unspecified atom stereocenters. The standard InChI is InChI=1S/C10H16.C8H14.C7H12.C7H14.C6H8N2O.C6H6N2O.C6H12.C6H10.C5H10/c1-7-2-9-4-8(1)5-10(3-7)6-9;1-2-8-5-3-7(1)4-6-8;1-2-7-4-3-6(1)5-7;1-2-4-6-7-5-3-1;2*1-2-4-6-5(3-1)7-9-8-6;2*1-2-4-6-5-3-1;1-2-4-5-3-1/h7-10H,1-6H2;7-8H,1-6H2;6-7H,1-5H2;1-7H2;1-4H2;1,3H,2,4H2;1-6H2;1-2H,3-6H2;1-5H2. The zero-order valence-corrected chi connectivity index (χ0v) is 43.4. The molecular weight excluding hydrogens is 821 g/mol. The van der Waals surface area contributed by atoms with Crippen LogP contribution in [0.2, 0.25) is 0 Å². The van der Waals surface area contributed by atoms with Gasteiger partial charge in [-0.3, -0.25) is 0 Å². The summed E-state index contributed by atoms with van der Waals surface area (Å²) in [5.41, 5.74) is 4.02. The lowest BCUT2D eigenvalue weighted by Crippen LogP contribution is -2.38. The van der Waals surface area contributed by atoms with Crippen molar-refractivity contribution in [1.82, 2.24) is 20.6 Å². The van der Waals surface area contributed by atoms with E-state index in [1.54, 1.807) is 109 Å². The fraction of sp³-hybridized carbons (Fsp3) is 0.869. The Morgan fingerprint density at radius 3 is 0.866 bits per heavy atom. The third-order valence-electron chi connectivity index (χ3n) is 18.4. The van der Waals surface area contributed by atoms with Crippen LogP contribution in [0.5, 0.6) is 0 Å². The molecule has 12 saturated carbocycles. The van der Waals surface area contributed by atoms with E-state index in [4.69, 9.17) is 0 Å². The van der Waals surface area contributed by atoms with Gasteiger partial charge in [-0.15, -0.1) is 0 Å². The van der Waals surface area contributed by atoms with E-state index < -0.39 is 0 Å². The first-order valence-corrected chi connectivity index (χ1v) is 30.2. The normalized spacial score (nSPS) is 31.8. The van der Waals surface area contributed by atoms with Crippen LogP contribution in [0.3, 0.4) is 0 Å².